The number of hydrazone groups is 1. The number of hydrogen-bond donors (Lipinski definition) is 6. The predicted octanol–water partition coefficient (Wildman–Crippen LogP) is 4.87. The normalized spacial score (nSPS) is 17.4. The molecule has 1 saturated carbocycles. The lowest BCUT2D eigenvalue weighted by molar-refractivity contribution is -0.145. The van der Waals surface area contributed by atoms with Gasteiger partial charge in [0.25, 0.3) is 11.8 Å². The van der Waals surface area contributed by atoms with Crippen LogP contribution in [0.15, 0.2) is 83.4 Å². The number of nitrogens with zero attached hydrogens (tertiary/aromatic N) is 6. The number of aryl methyl sites for hydroxylation is 2. The third-order valence-electron chi connectivity index (χ3n) is 13.0. The minimum absolute atomic E-state index is 0.0493. The monoisotopic (exact) mass is 1060 g/mol. The molecule has 6 N–H and O–H groups in total. The topological polar surface area (TPSA) is 251 Å². The smallest absolute Gasteiger partial charge is 0.320 e. The minimum Gasteiger partial charge on any atom is -0.483 e. The number of anilines is 3. The van der Waals surface area contributed by atoms with Gasteiger partial charge in [-0.05, 0) is 67.0 Å². The molecule has 3 aromatic carbocycles. The van der Waals surface area contributed by atoms with Gasteiger partial charge in [-0.2, -0.15) is 15.1 Å². The van der Waals surface area contributed by atoms with Gasteiger partial charge in [0.05, 0.1) is 54.8 Å². The molecule has 5 aromatic rings. The van der Waals surface area contributed by atoms with E-state index in [-0.39, 0.29) is 57.3 Å². The van der Waals surface area contributed by atoms with Gasteiger partial charge in [-0.25, -0.2) is 9.37 Å². The number of rotatable bonds is 21. The Kier molecular flexibility index (Phi) is 17.6. The van der Waals surface area contributed by atoms with E-state index in [2.05, 4.69) is 51.6 Å². The molecule has 76 heavy (non-hydrogen) atoms. The average Bonchev–Trinajstić information content (AvgIpc) is 3.81. The number of likely N-dealkylation sites (tertiary alicyclic amines) is 1. The van der Waals surface area contributed by atoms with E-state index < -0.39 is 65.4 Å². The van der Waals surface area contributed by atoms with Gasteiger partial charge in [-0.1, -0.05) is 74.9 Å². The van der Waals surface area contributed by atoms with Crippen LogP contribution in [0, 0.1) is 19.3 Å². The van der Waals surface area contributed by atoms with Crippen molar-refractivity contribution >= 4 is 64.4 Å². The summed E-state index contributed by atoms with van der Waals surface area (Å²) in [6.07, 6.45) is 1.34. The van der Waals surface area contributed by atoms with Crippen LogP contribution >= 0.6 is 11.3 Å². The Morgan fingerprint density at radius 3 is 2.46 bits per heavy atom. The molecule has 3 fully saturated rings. The Morgan fingerprint density at radius 1 is 0.974 bits per heavy atom. The third-order valence-corrected chi connectivity index (χ3v) is 14.0. The van der Waals surface area contributed by atoms with Gasteiger partial charge in [0.1, 0.15) is 23.7 Å². The number of aromatic nitrogens is 3. The zero-order valence-electron chi connectivity index (χ0n) is 43.2. The number of carbonyl (C=O) groups is 5. The van der Waals surface area contributed by atoms with Crippen LogP contribution in [0.1, 0.15) is 68.0 Å². The van der Waals surface area contributed by atoms with Crippen molar-refractivity contribution in [2.24, 2.45) is 10.5 Å². The molecule has 3 aliphatic rings. The van der Waals surface area contributed by atoms with E-state index in [4.69, 9.17) is 14.2 Å². The zero-order valence-corrected chi connectivity index (χ0v) is 44.0. The second-order valence-electron chi connectivity index (χ2n) is 20.1. The van der Waals surface area contributed by atoms with Crippen molar-refractivity contribution in [1.82, 2.24) is 35.8 Å². The third kappa shape index (κ3) is 14.6. The molecule has 2 aromatic heterocycles. The van der Waals surface area contributed by atoms with Crippen molar-refractivity contribution in [2.75, 3.05) is 68.2 Å². The molecule has 0 spiro atoms. The summed E-state index contributed by atoms with van der Waals surface area (Å²) in [7, 11) is 0. The van der Waals surface area contributed by atoms with E-state index in [1.54, 1.807) is 56.8 Å². The highest BCUT2D eigenvalue weighted by Crippen LogP contribution is 2.40. The molecule has 2 aliphatic heterocycles. The van der Waals surface area contributed by atoms with Gasteiger partial charge < -0.3 is 50.4 Å². The summed E-state index contributed by atoms with van der Waals surface area (Å²) in [4.78, 5) is 84.3. The highest BCUT2D eigenvalue weighted by Gasteiger charge is 2.53. The lowest BCUT2D eigenvalue weighted by Crippen LogP contribution is -2.59. The van der Waals surface area contributed by atoms with Gasteiger partial charge in [0.2, 0.25) is 17.7 Å². The van der Waals surface area contributed by atoms with E-state index in [1.807, 2.05) is 62.4 Å². The molecular formula is C54H64FN11O9S. The molecule has 402 valence electrons. The Balaban J connectivity index is 0.823. The molecule has 8 rings (SSSR count). The van der Waals surface area contributed by atoms with E-state index in [1.165, 1.54) is 16.2 Å². The second kappa shape index (κ2) is 24.4. The standard InChI is InChI=1S/C54H64FN11O9S/c1-33-7-6-8-36(23-33)27-59-64-43-26-44(65-18-21-73-22-19-65)62-52(61-43)74-20-15-35-9-13-39(14-10-35)60-45(68)29-56-46(69)31-75-42-24-37(47-34(2)58-32-76-47)11-12-38(42)28-57-49(70)41-25-40(67)30-66(41)50(71)48(53(3,4)5)63-51(72)54(55)16-17-54/h6-14,23-24,26-27,32,40-41,48,67H,15-22,25,28-31H2,1-5H3,(H,56,69)(H,57,70)(H,60,68)(H,63,72)(H,61,62,64)/b59-27+/t40-,41+,48-/m1/s1. The van der Waals surface area contributed by atoms with Gasteiger partial charge >= 0.3 is 6.01 Å². The molecule has 0 unspecified atom stereocenters. The number of carbonyl (C=O) groups excluding carboxylic acids is 5. The van der Waals surface area contributed by atoms with E-state index in [9.17, 15) is 33.5 Å². The van der Waals surface area contributed by atoms with E-state index in [0.29, 0.717) is 55.6 Å². The molecule has 1 aliphatic carbocycles. The first-order chi connectivity index (χ1) is 36.4. The first-order valence-electron chi connectivity index (χ1n) is 25.2. The quantitative estimate of drug-likeness (QED) is 0.0424. The summed E-state index contributed by atoms with van der Waals surface area (Å²) >= 11 is 1.43. The Hall–Kier alpha value is -7.56. The van der Waals surface area contributed by atoms with Crippen LogP contribution in [-0.4, -0.2) is 137 Å². The number of ether oxygens (including phenoxy) is 3. The largest absolute Gasteiger partial charge is 0.483 e. The highest BCUT2D eigenvalue weighted by molar-refractivity contribution is 7.13. The number of amides is 5. The van der Waals surface area contributed by atoms with Crippen molar-refractivity contribution < 1.29 is 47.7 Å². The molecule has 2 saturated heterocycles. The summed E-state index contributed by atoms with van der Waals surface area (Å²) in [6.45, 7) is 10.9. The van der Waals surface area contributed by atoms with Crippen LogP contribution in [0.5, 0.6) is 11.8 Å². The number of β-amino-alcohol motifs (C(OH)–C–C–N with tert-alkyl or cyclic N) is 1. The van der Waals surface area contributed by atoms with Crippen LogP contribution < -0.4 is 41.1 Å². The number of alkyl halides is 1. The predicted molar refractivity (Wildman–Crippen MR) is 285 cm³/mol. The van der Waals surface area contributed by atoms with Crippen LogP contribution in [0.25, 0.3) is 10.4 Å². The summed E-state index contributed by atoms with van der Waals surface area (Å²) in [6, 6.07) is 20.3. The molecule has 22 heteroatoms. The van der Waals surface area contributed by atoms with Crippen molar-refractivity contribution in [3.05, 3.63) is 106 Å². The van der Waals surface area contributed by atoms with E-state index in [0.717, 1.165) is 32.8 Å². The Bertz CT molecular complexity index is 2920. The molecule has 3 atom stereocenters. The fraction of sp³-hybridized carbons (Fsp3) is 0.426. The Morgan fingerprint density at radius 2 is 1.75 bits per heavy atom. The number of nitrogens with one attached hydrogen (secondary N) is 5. The highest BCUT2D eigenvalue weighted by atomic mass is 32.1. The molecule has 20 nitrogen and oxygen atoms in total. The molecule has 0 bridgehead atoms. The number of aliphatic hydroxyl groups is 1. The fourth-order valence-electron chi connectivity index (χ4n) is 8.58. The van der Waals surface area contributed by atoms with Gasteiger partial charge in [0, 0.05) is 56.3 Å². The maximum atomic E-state index is 14.7. The van der Waals surface area contributed by atoms with Gasteiger partial charge in [-0.3, -0.25) is 29.4 Å². The van der Waals surface area contributed by atoms with Crippen LogP contribution in [0.2, 0.25) is 0 Å². The number of hydrogen-bond acceptors (Lipinski definition) is 16. The van der Waals surface area contributed by atoms with Crippen LogP contribution in [-0.2, 0) is 41.7 Å². The van der Waals surface area contributed by atoms with Gasteiger partial charge in [-0.15, -0.1) is 11.3 Å². The number of benzene rings is 3. The maximum absolute atomic E-state index is 14.7. The maximum Gasteiger partial charge on any atom is 0.320 e. The molecular weight excluding hydrogens is 998 g/mol. The lowest BCUT2D eigenvalue weighted by Gasteiger charge is -2.35. The van der Waals surface area contributed by atoms with Crippen molar-refractivity contribution in [3.8, 4) is 22.2 Å². The van der Waals surface area contributed by atoms with Crippen LogP contribution in [0.3, 0.4) is 0 Å². The van der Waals surface area contributed by atoms with Crippen molar-refractivity contribution in [1.29, 1.82) is 0 Å². The number of thiazole rings is 1. The van der Waals surface area contributed by atoms with Crippen molar-refractivity contribution in [3.63, 3.8) is 0 Å². The molecule has 5 amide bonds. The molecule has 0 radical (unpaired) electrons. The average molecular weight is 1060 g/mol. The Labute approximate surface area is 444 Å². The van der Waals surface area contributed by atoms with Crippen molar-refractivity contribution in [2.45, 2.75) is 90.7 Å². The number of halogens is 1. The summed E-state index contributed by atoms with van der Waals surface area (Å²) in [5.74, 6) is -1.61. The summed E-state index contributed by atoms with van der Waals surface area (Å²) in [5.41, 5.74) is 7.47. The van der Waals surface area contributed by atoms with Gasteiger partial charge in [0.15, 0.2) is 18.1 Å². The SMILES string of the molecule is Cc1cccc(/C=N/Nc2cc(N3CCOCC3)nc(OCCc3ccc(NC(=O)CNC(=O)COc4cc(-c5scnc5C)ccc4CNC(=O)[C@@H]4C[C@@H](O)CN4C(=O)[C@@H](NC(=O)C4(F)CC4)C(C)(C)C)cc3)n2)c1. The molecule has 4 heterocycles. The second-order valence-corrected chi connectivity index (χ2v) is 21.0. The summed E-state index contributed by atoms with van der Waals surface area (Å²) < 4.78 is 32.3. The summed E-state index contributed by atoms with van der Waals surface area (Å²) in [5, 5.41) is 25.8. The lowest BCUT2D eigenvalue weighted by atomic mass is 9.85. The first kappa shape index (κ1) is 54.7. The number of aliphatic hydroxyl groups excluding tert-OH is 1. The minimum atomic E-state index is -2.01. The number of morpholine rings is 1. The first-order valence-corrected chi connectivity index (χ1v) is 26.1. The van der Waals surface area contributed by atoms with Crippen LogP contribution in [0.4, 0.5) is 21.7 Å². The fourth-order valence-corrected chi connectivity index (χ4v) is 9.38. The zero-order chi connectivity index (χ0) is 54.0. The van der Waals surface area contributed by atoms with E-state index >= 15 is 0 Å².